The van der Waals surface area contributed by atoms with Gasteiger partial charge in [-0.15, -0.1) is 0 Å². The summed E-state index contributed by atoms with van der Waals surface area (Å²) in [4.78, 5) is 11.2. The Morgan fingerprint density at radius 3 is 1.83 bits per heavy atom. The smallest absolute Gasteiger partial charge is 1.00 e. The van der Waals surface area contributed by atoms with Gasteiger partial charge in [-0.25, -0.2) is 22.0 Å². The third-order valence-corrected chi connectivity index (χ3v) is 5.82. The number of carbonyl (C=O) groups excluding carboxylic acids is 1. The molecule has 8 nitrogen and oxygen atoms in total. The molecule has 238 valence electrons. The molecule has 0 aliphatic carbocycles. The summed E-state index contributed by atoms with van der Waals surface area (Å²) >= 11 is 2.96. The predicted octanol–water partition coefficient (Wildman–Crippen LogP) is -1.32. The van der Waals surface area contributed by atoms with E-state index in [1.807, 2.05) is 0 Å². The van der Waals surface area contributed by atoms with Crippen LogP contribution in [0, 0.1) is 41.8 Å². The minimum Gasteiger partial charge on any atom is -1.00 e. The van der Waals surface area contributed by atoms with Crippen LogP contribution in [0.1, 0.15) is 13.9 Å². The summed E-state index contributed by atoms with van der Waals surface area (Å²) in [6, 6.07) is 12.8. The zero-order chi connectivity index (χ0) is 33.6. The third kappa shape index (κ3) is 14.3. The van der Waals surface area contributed by atoms with E-state index in [2.05, 4.69) is 20.8 Å². The van der Waals surface area contributed by atoms with Crippen LogP contribution in [0.4, 0.5) is 26.3 Å². The molecule has 0 aliphatic rings. The van der Waals surface area contributed by atoms with Gasteiger partial charge in [-0.05, 0) is 65.7 Å². The molecule has 0 aromatic heterocycles. The molecular weight excluding hydrogens is 747 g/mol. The van der Waals surface area contributed by atoms with Gasteiger partial charge in [-0.1, -0.05) is 30.3 Å². The second-order valence-corrected chi connectivity index (χ2v) is 8.90. The second kappa shape index (κ2) is 24.2. The fourth-order valence-corrected chi connectivity index (χ4v) is 3.43. The van der Waals surface area contributed by atoms with Crippen LogP contribution in [0.3, 0.4) is 0 Å². The van der Waals surface area contributed by atoms with Crippen molar-refractivity contribution in [2.45, 2.75) is 13.8 Å². The standard InChI is InChI=1S/C14H11F3O2.C7H7BF2O2.C6H4BrFO.CH2O3.2K.H/c1-2-19-11-7-6-8(12(16)13(11)17)9-4-3-5-10(15)14(9)18;1-4-2-3-5(8(11)12)7(10)6(4)9;7-4-2-1-3-5(8)6(4)9;2-1-4-3;;;/h3-7,18H,2H2,1H3;2-3,11-12H,1H3;1-3,9H;1,3H;;;/q;;;;2*+1;-1/p-1. The van der Waals surface area contributed by atoms with E-state index in [4.69, 9.17) is 29.9 Å². The number of aromatic hydroxyl groups is 2. The number of para-hydroxylation sites is 2. The zero-order valence-corrected chi connectivity index (χ0v) is 32.5. The summed E-state index contributed by atoms with van der Waals surface area (Å²) < 4.78 is 84.0. The van der Waals surface area contributed by atoms with E-state index < -0.39 is 53.2 Å². The minimum absolute atomic E-state index is 0. The first-order valence-corrected chi connectivity index (χ1v) is 12.8. The SMILES string of the molecule is CCOc1ccc(-c2cccc(F)c2O)c(F)c1F.Cc1ccc(B(O)O)c(F)c1F.O=CO[O-].Oc1c(F)cccc1Br.[H-].[K+].[K+]. The summed E-state index contributed by atoms with van der Waals surface area (Å²) in [7, 11) is -1.97. The molecule has 0 aliphatic heterocycles. The monoisotopic (exact) mass is 770 g/mol. The first-order valence-electron chi connectivity index (χ1n) is 12.0. The molecule has 0 saturated heterocycles. The molecule has 4 N–H and O–H groups in total. The van der Waals surface area contributed by atoms with Crippen LogP contribution in [-0.2, 0) is 9.68 Å². The van der Waals surface area contributed by atoms with E-state index >= 15 is 0 Å². The van der Waals surface area contributed by atoms with Gasteiger partial charge in [0.2, 0.25) is 5.82 Å². The van der Waals surface area contributed by atoms with Gasteiger partial charge in [0.25, 0.3) is 6.47 Å². The van der Waals surface area contributed by atoms with Gasteiger partial charge >= 0.3 is 110 Å². The molecule has 0 saturated carbocycles. The number of hydrogen-bond donors (Lipinski definition) is 4. The fraction of sp³-hybridized carbons (Fsp3) is 0.107. The quantitative estimate of drug-likeness (QED) is 0.0645. The molecule has 0 atom stereocenters. The maximum atomic E-state index is 13.9. The number of carbonyl (C=O) groups is 1. The summed E-state index contributed by atoms with van der Waals surface area (Å²) in [5, 5.41) is 43.9. The van der Waals surface area contributed by atoms with Crippen LogP contribution in [0.2, 0.25) is 0 Å². The number of rotatable bonds is 5. The molecule has 0 radical (unpaired) electrons. The Hall–Kier alpha value is -0.972. The number of phenolic OH excluding ortho intramolecular Hbond substituents is 2. The summed E-state index contributed by atoms with van der Waals surface area (Å²) in [5.74, 6) is -7.38. The fourth-order valence-electron chi connectivity index (χ4n) is 3.09. The number of aryl methyl sites for hydroxylation is 1. The van der Waals surface area contributed by atoms with E-state index in [1.165, 1.54) is 49.4 Å². The van der Waals surface area contributed by atoms with Crippen molar-refractivity contribution >= 4 is 35.0 Å². The Bertz CT molecular complexity index is 1540. The van der Waals surface area contributed by atoms with Gasteiger partial charge in [0.1, 0.15) is 0 Å². The van der Waals surface area contributed by atoms with E-state index in [0.29, 0.717) is 4.47 Å². The summed E-state index contributed by atoms with van der Waals surface area (Å²) in [6.07, 6.45) is 0. The van der Waals surface area contributed by atoms with Gasteiger partial charge in [-0.2, -0.15) is 4.39 Å². The normalized spacial score (nSPS) is 9.30. The van der Waals surface area contributed by atoms with Crippen LogP contribution < -0.4 is 118 Å². The Balaban J connectivity index is -0.000000600. The van der Waals surface area contributed by atoms with Crippen LogP contribution in [-0.4, -0.2) is 40.5 Å². The van der Waals surface area contributed by atoms with Gasteiger partial charge < -0.3 is 36.6 Å². The minimum atomic E-state index is -1.97. The van der Waals surface area contributed by atoms with Crippen molar-refractivity contribution in [1.29, 1.82) is 0 Å². The van der Waals surface area contributed by atoms with E-state index in [1.54, 1.807) is 13.0 Å². The van der Waals surface area contributed by atoms with Gasteiger partial charge in [0, 0.05) is 16.6 Å². The third-order valence-electron chi connectivity index (χ3n) is 5.18. The molecule has 4 aromatic carbocycles. The molecule has 4 aromatic rings. The average molecular weight is 771 g/mol. The number of ether oxygens (including phenoxy) is 1. The Morgan fingerprint density at radius 1 is 0.804 bits per heavy atom. The number of phenols is 2. The van der Waals surface area contributed by atoms with E-state index in [0.717, 1.165) is 12.1 Å². The molecular formula is C28H24BBrF6K2O8. The second-order valence-electron chi connectivity index (χ2n) is 8.04. The zero-order valence-electron chi connectivity index (χ0n) is 25.7. The van der Waals surface area contributed by atoms with Crippen molar-refractivity contribution in [3.63, 3.8) is 0 Å². The van der Waals surface area contributed by atoms with Crippen molar-refractivity contribution in [2.24, 2.45) is 0 Å². The van der Waals surface area contributed by atoms with E-state index in [-0.39, 0.29) is 145 Å². The molecule has 0 bridgehead atoms. The maximum absolute atomic E-state index is 13.9. The molecule has 0 spiro atoms. The number of benzene rings is 4. The molecule has 18 heteroatoms. The first kappa shape index (κ1) is 47.1. The first-order chi connectivity index (χ1) is 20.7. The number of halogens is 7. The van der Waals surface area contributed by atoms with Crippen LogP contribution in [0.25, 0.3) is 11.1 Å². The van der Waals surface area contributed by atoms with E-state index in [9.17, 15) is 31.4 Å². The van der Waals surface area contributed by atoms with Crippen molar-refractivity contribution in [2.75, 3.05) is 6.61 Å². The van der Waals surface area contributed by atoms with Crippen molar-refractivity contribution in [3.05, 3.63) is 106 Å². The summed E-state index contributed by atoms with van der Waals surface area (Å²) in [6.45, 7) is 3.05. The van der Waals surface area contributed by atoms with Crippen LogP contribution in [0.5, 0.6) is 17.2 Å². The van der Waals surface area contributed by atoms with Crippen molar-refractivity contribution in [3.8, 4) is 28.4 Å². The molecule has 46 heavy (non-hydrogen) atoms. The Labute approximate surface area is 354 Å². The molecule has 4 rings (SSSR count). The molecule has 0 unspecified atom stereocenters. The molecule has 0 amide bonds. The van der Waals surface area contributed by atoms with Crippen molar-refractivity contribution in [1.82, 2.24) is 0 Å². The van der Waals surface area contributed by atoms with Crippen LogP contribution in [0.15, 0.2) is 65.1 Å². The largest absolute Gasteiger partial charge is 1.00 e. The van der Waals surface area contributed by atoms with Crippen molar-refractivity contribution < 1.29 is 170 Å². The average Bonchev–Trinajstić information content (AvgIpc) is 2.99. The van der Waals surface area contributed by atoms with Gasteiger partial charge in [0.15, 0.2) is 46.3 Å². The topological polar surface area (TPSA) is 140 Å². The van der Waals surface area contributed by atoms with Gasteiger partial charge in [0.05, 0.1) is 11.1 Å². The molecule has 0 fully saturated rings. The Morgan fingerprint density at radius 2 is 1.35 bits per heavy atom. The number of hydrogen-bond acceptors (Lipinski definition) is 8. The maximum Gasteiger partial charge on any atom is 1.00 e. The molecule has 0 heterocycles. The summed E-state index contributed by atoms with van der Waals surface area (Å²) in [5.41, 5.74) is -0.646. The Kier molecular flexibility index (Phi) is 24.8. The van der Waals surface area contributed by atoms with Gasteiger partial charge in [-0.3, -0.25) is 4.79 Å². The van der Waals surface area contributed by atoms with Crippen LogP contribution >= 0.6 is 15.9 Å². The predicted molar refractivity (Wildman–Crippen MR) is 150 cm³/mol.